The van der Waals surface area contributed by atoms with Crippen LogP contribution in [0.2, 0.25) is 0 Å². The van der Waals surface area contributed by atoms with E-state index in [0.717, 1.165) is 18.4 Å². The van der Waals surface area contributed by atoms with Gasteiger partial charge in [0.2, 0.25) is 0 Å². The molecule has 1 aliphatic rings. The zero-order valence-electron chi connectivity index (χ0n) is 9.56. The van der Waals surface area contributed by atoms with Gasteiger partial charge in [-0.05, 0) is 42.0 Å². The molecule has 1 aliphatic carbocycles. The molecule has 3 nitrogen and oxygen atoms in total. The van der Waals surface area contributed by atoms with E-state index < -0.39 is 0 Å². The van der Waals surface area contributed by atoms with Crippen LogP contribution in [0.15, 0.2) is 18.2 Å². The minimum atomic E-state index is -0.179. The molecule has 1 aromatic rings. The number of phenolic OH excluding ortho intramolecular Hbond substituents is 1. The fourth-order valence-corrected chi connectivity index (χ4v) is 2.49. The molecule has 0 radical (unpaired) electrons. The number of hydrogen-bond donors (Lipinski definition) is 1. The summed E-state index contributed by atoms with van der Waals surface area (Å²) in [6.45, 7) is 1.88. The Bertz CT molecular complexity index is 412. The third-order valence-corrected chi connectivity index (χ3v) is 3.43. The summed E-state index contributed by atoms with van der Waals surface area (Å²) >= 11 is 0. The number of phenols is 1. The van der Waals surface area contributed by atoms with E-state index in [1.54, 1.807) is 12.1 Å². The van der Waals surface area contributed by atoms with Crippen LogP contribution >= 0.6 is 0 Å². The Kier molecular flexibility index (Phi) is 2.86. The Morgan fingerprint density at radius 1 is 1.56 bits per heavy atom. The summed E-state index contributed by atoms with van der Waals surface area (Å²) in [4.78, 5) is 11.5. The van der Waals surface area contributed by atoms with Gasteiger partial charge in [0, 0.05) is 0 Å². The number of aryl methyl sites for hydroxylation is 1. The van der Waals surface area contributed by atoms with E-state index in [9.17, 15) is 9.90 Å². The molecule has 0 aliphatic heterocycles. The second kappa shape index (κ2) is 4.16. The van der Waals surface area contributed by atoms with Gasteiger partial charge in [0.15, 0.2) is 0 Å². The highest BCUT2D eigenvalue weighted by atomic mass is 16.5. The van der Waals surface area contributed by atoms with Crippen molar-refractivity contribution in [1.29, 1.82) is 0 Å². The molecule has 1 N–H and O–H groups in total. The molecule has 0 saturated carbocycles. The first kappa shape index (κ1) is 11.0. The van der Waals surface area contributed by atoms with Gasteiger partial charge in [0.05, 0.1) is 13.0 Å². The lowest BCUT2D eigenvalue weighted by molar-refractivity contribution is -0.145. The molecule has 0 saturated heterocycles. The topological polar surface area (TPSA) is 46.5 Å². The lowest BCUT2D eigenvalue weighted by atomic mass is 9.88. The van der Waals surface area contributed by atoms with Crippen molar-refractivity contribution in [3.8, 4) is 5.75 Å². The fraction of sp³-hybridized carbons (Fsp3) is 0.462. The number of ether oxygens (including phenoxy) is 1. The molecule has 3 heteroatoms. The van der Waals surface area contributed by atoms with Crippen LogP contribution in [0.3, 0.4) is 0 Å². The second-order valence-corrected chi connectivity index (χ2v) is 4.34. The van der Waals surface area contributed by atoms with Crippen LogP contribution < -0.4 is 0 Å². The summed E-state index contributed by atoms with van der Waals surface area (Å²) < 4.78 is 4.77. The summed E-state index contributed by atoms with van der Waals surface area (Å²) in [5.41, 5.74) is 2.33. The number of carbonyl (C=O) groups is 1. The van der Waals surface area contributed by atoms with Crippen LogP contribution in [-0.4, -0.2) is 18.2 Å². The monoisotopic (exact) mass is 220 g/mol. The van der Waals surface area contributed by atoms with Gasteiger partial charge in [-0.3, -0.25) is 4.79 Å². The van der Waals surface area contributed by atoms with Crippen molar-refractivity contribution in [2.24, 2.45) is 5.92 Å². The van der Waals surface area contributed by atoms with Crippen LogP contribution in [0.5, 0.6) is 5.75 Å². The smallest absolute Gasteiger partial charge is 0.308 e. The molecule has 0 heterocycles. The summed E-state index contributed by atoms with van der Waals surface area (Å²) in [7, 11) is 1.41. The van der Waals surface area contributed by atoms with Crippen molar-refractivity contribution < 1.29 is 14.6 Å². The van der Waals surface area contributed by atoms with Gasteiger partial charge in [-0.25, -0.2) is 0 Å². The molecule has 86 valence electrons. The molecule has 2 rings (SSSR count). The molecule has 0 fully saturated rings. The number of aromatic hydroxyl groups is 1. The van der Waals surface area contributed by atoms with Gasteiger partial charge in [0.1, 0.15) is 5.75 Å². The van der Waals surface area contributed by atoms with Crippen molar-refractivity contribution in [1.82, 2.24) is 0 Å². The molecule has 0 unspecified atom stereocenters. The lowest BCUT2D eigenvalue weighted by Gasteiger charge is -2.18. The number of hydrogen-bond acceptors (Lipinski definition) is 3. The van der Waals surface area contributed by atoms with Gasteiger partial charge in [-0.2, -0.15) is 0 Å². The molecule has 16 heavy (non-hydrogen) atoms. The van der Waals surface area contributed by atoms with Crippen LogP contribution in [0, 0.1) is 5.92 Å². The van der Waals surface area contributed by atoms with Crippen LogP contribution in [0.1, 0.15) is 30.4 Å². The largest absolute Gasteiger partial charge is 0.508 e. The molecule has 0 bridgehead atoms. The van der Waals surface area contributed by atoms with Gasteiger partial charge in [0.25, 0.3) is 0 Å². The molecular weight excluding hydrogens is 204 g/mol. The Morgan fingerprint density at radius 3 is 3.00 bits per heavy atom. The molecular formula is C13H16O3. The fourth-order valence-electron chi connectivity index (χ4n) is 2.49. The first-order valence-electron chi connectivity index (χ1n) is 5.53. The maximum absolute atomic E-state index is 11.5. The summed E-state index contributed by atoms with van der Waals surface area (Å²) in [5, 5.41) is 9.48. The highest BCUT2D eigenvalue weighted by Gasteiger charge is 2.31. The lowest BCUT2D eigenvalue weighted by Crippen LogP contribution is -2.19. The van der Waals surface area contributed by atoms with E-state index >= 15 is 0 Å². The first-order valence-corrected chi connectivity index (χ1v) is 5.53. The van der Waals surface area contributed by atoms with E-state index in [2.05, 4.69) is 0 Å². The van der Waals surface area contributed by atoms with Crippen molar-refractivity contribution in [3.05, 3.63) is 29.3 Å². The normalized spacial score (nSPS) is 20.2. The van der Waals surface area contributed by atoms with E-state index in [0.29, 0.717) is 0 Å². The van der Waals surface area contributed by atoms with E-state index in [1.165, 1.54) is 12.7 Å². The third kappa shape index (κ3) is 1.77. The highest BCUT2D eigenvalue weighted by Crippen LogP contribution is 2.40. The standard InChI is InChI=1S/C13H16O3/c1-8(13(15)16-2)11-6-4-9-3-5-10(14)7-12(9)11/h3,5,7-8,11,14H,4,6H2,1-2H3/t8-,11+/m0/s1. The number of carbonyl (C=O) groups excluding carboxylic acids is 1. The first-order chi connectivity index (χ1) is 7.63. The number of esters is 1. The maximum atomic E-state index is 11.5. The van der Waals surface area contributed by atoms with Gasteiger partial charge < -0.3 is 9.84 Å². The Morgan fingerprint density at radius 2 is 2.31 bits per heavy atom. The molecule has 0 aromatic heterocycles. The number of fused-ring (bicyclic) bond motifs is 1. The van der Waals surface area contributed by atoms with Gasteiger partial charge in [-0.1, -0.05) is 13.0 Å². The SMILES string of the molecule is COC(=O)[C@@H](C)[C@H]1CCc2ccc(O)cc21. The molecule has 2 atom stereocenters. The van der Waals surface area contributed by atoms with Gasteiger partial charge >= 0.3 is 5.97 Å². The number of methoxy groups -OCH3 is 1. The van der Waals surface area contributed by atoms with E-state index in [1.807, 2.05) is 13.0 Å². The summed E-state index contributed by atoms with van der Waals surface area (Å²) in [6, 6.07) is 5.41. The maximum Gasteiger partial charge on any atom is 0.308 e. The average molecular weight is 220 g/mol. The van der Waals surface area contributed by atoms with Crippen molar-refractivity contribution in [2.75, 3.05) is 7.11 Å². The summed E-state index contributed by atoms with van der Waals surface area (Å²) in [6.07, 6.45) is 1.93. The van der Waals surface area contributed by atoms with E-state index in [-0.39, 0.29) is 23.6 Å². The Balaban J connectivity index is 2.29. The highest BCUT2D eigenvalue weighted by molar-refractivity contribution is 5.73. The zero-order chi connectivity index (χ0) is 11.7. The predicted octanol–water partition coefficient (Wildman–Crippen LogP) is 2.23. The second-order valence-electron chi connectivity index (χ2n) is 4.34. The zero-order valence-corrected chi connectivity index (χ0v) is 9.56. The van der Waals surface area contributed by atoms with Crippen LogP contribution in [-0.2, 0) is 16.0 Å². The summed E-state index contributed by atoms with van der Waals surface area (Å²) in [5.74, 6) is 0.117. The minimum Gasteiger partial charge on any atom is -0.508 e. The predicted molar refractivity (Wildman–Crippen MR) is 60.3 cm³/mol. The Hall–Kier alpha value is -1.51. The average Bonchev–Trinajstić information content (AvgIpc) is 2.69. The van der Waals surface area contributed by atoms with E-state index in [4.69, 9.17) is 4.74 Å². The molecule has 0 spiro atoms. The Labute approximate surface area is 95.0 Å². The number of rotatable bonds is 2. The van der Waals surface area contributed by atoms with Crippen molar-refractivity contribution in [3.63, 3.8) is 0 Å². The number of benzene rings is 1. The molecule has 1 aromatic carbocycles. The van der Waals surface area contributed by atoms with Gasteiger partial charge in [-0.15, -0.1) is 0 Å². The van der Waals surface area contributed by atoms with Crippen molar-refractivity contribution in [2.45, 2.75) is 25.7 Å². The van der Waals surface area contributed by atoms with Crippen molar-refractivity contribution >= 4 is 5.97 Å². The minimum absolute atomic E-state index is 0.145. The van der Waals surface area contributed by atoms with Crippen LogP contribution in [0.25, 0.3) is 0 Å². The quantitative estimate of drug-likeness (QED) is 0.777. The molecule has 0 amide bonds. The third-order valence-electron chi connectivity index (χ3n) is 3.43. The van der Waals surface area contributed by atoms with Crippen LogP contribution in [0.4, 0.5) is 0 Å².